The van der Waals surface area contributed by atoms with E-state index in [4.69, 9.17) is 4.98 Å². The number of aliphatic hydroxyl groups is 1. The van der Waals surface area contributed by atoms with Crippen molar-refractivity contribution in [1.82, 2.24) is 14.8 Å². The number of aryl methyl sites for hydroxylation is 1. The lowest BCUT2D eigenvalue weighted by Crippen LogP contribution is -2.39. The standard InChI is InChI=1S/C22H32N4O/c1-17-6-7-21-18(13-17)14-19(15-25-9-4-8-24(2)11-12-25)22(23-21)26-10-3-5-20(27)16-26/h6-7,13-14,20,27H,3-5,8-12,15-16H2,1-2H3. The highest BCUT2D eigenvalue weighted by atomic mass is 16.3. The molecule has 2 aliphatic heterocycles. The minimum atomic E-state index is -0.242. The van der Waals surface area contributed by atoms with Crippen LogP contribution in [0, 0.1) is 6.92 Å². The summed E-state index contributed by atoms with van der Waals surface area (Å²) >= 11 is 0. The molecule has 0 spiro atoms. The fraction of sp³-hybridized carbons (Fsp3) is 0.591. The fourth-order valence-corrected chi connectivity index (χ4v) is 4.37. The van der Waals surface area contributed by atoms with Gasteiger partial charge < -0.3 is 14.9 Å². The van der Waals surface area contributed by atoms with E-state index in [2.05, 4.69) is 52.9 Å². The molecule has 27 heavy (non-hydrogen) atoms. The van der Waals surface area contributed by atoms with Crippen LogP contribution in [0.1, 0.15) is 30.4 Å². The predicted octanol–water partition coefficient (Wildman–Crippen LogP) is 2.64. The molecule has 0 aliphatic carbocycles. The number of piperidine rings is 1. The normalized spacial score (nSPS) is 22.9. The van der Waals surface area contributed by atoms with Gasteiger partial charge in [-0.3, -0.25) is 4.90 Å². The van der Waals surface area contributed by atoms with E-state index in [1.807, 2.05) is 0 Å². The molecule has 2 fully saturated rings. The summed E-state index contributed by atoms with van der Waals surface area (Å²) in [6.45, 7) is 9.29. The van der Waals surface area contributed by atoms with Gasteiger partial charge in [-0.2, -0.15) is 0 Å². The summed E-state index contributed by atoms with van der Waals surface area (Å²) in [5.41, 5.74) is 3.62. The molecule has 1 aromatic carbocycles. The highest BCUT2D eigenvalue weighted by molar-refractivity contribution is 5.82. The zero-order valence-corrected chi connectivity index (χ0v) is 16.7. The molecule has 1 aromatic heterocycles. The summed E-state index contributed by atoms with van der Waals surface area (Å²) in [5, 5.41) is 11.4. The summed E-state index contributed by atoms with van der Waals surface area (Å²) < 4.78 is 0. The van der Waals surface area contributed by atoms with Gasteiger partial charge >= 0.3 is 0 Å². The minimum absolute atomic E-state index is 0.242. The zero-order valence-electron chi connectivity index (χ0n) is 16.7. The Kier molecular flexibility index (Phi) is 5.62. The first-order chi connectivity index (χ1) is 13.1. The second-order valence-corrected chi connectivity index (χ2v) is 8.34. The Morgan fingerprint density at radius 3 is 2.81 bits per heavy atom. The first-order valence-electron chi connectivity index (χ1n) is 10.3. The van der Waals surface area contributed by atoms with Crippen LogP contribution < -0.4 is 4.90 Å². The third-order valence-electron chi connectivity index (χ3n) is 5.93. The van der Waals surface area contributed by atoms with Gasteiger partial charge in [0.1, 0.15) is 5.82 Å². The molecule has 1 unspecified atom stereocenters. The molecule has 1 N–H and O–H groups in total. The number of likely N-dealkylation sites (N-methyl/N-ethyl adjacent to an activating group) is 1. The van der Waals surface area contributed by atoms with Gasteiger partial charge in [-0.05, 0) is 64.5 Å². The van der Waals surface area contributed by atoms with Crippen LogP contribution in [0.15, 0.2) is 24.3 Å². The van der Waals surface area contributed by atoms with E-state index in [0.717, 1.165) is 56.9 Å². The van der Waals surface area contributed by atoms with E-state index >= 15 is 0 Å². The molecular weight excluding hydrogens is 336 g/mol. The van der Waals surface area contributed by atoms with Crippen molar-refractivity contribution in [2.24, 2.45) is 0 Å². The van der Waals surface area contributed by atoms with Gasteiger partial charge in [0.25, 0.3) is 0 Å². The topological polar surface area (TPSA) is 42.8 Å². The van der Waals surface area contributed by atoms with Crippen LogP contribution in [0.3, 0.4) is 0 Å². The highest BCUT2D eigenvalue weighted by Gasteiger charge is 2.23. The lowest BCUT2D eigenvalue weighted by molar-refractivity contribution is 0.153. The van der Waals surface area contributed by atoms with E-state index in [1.54, 1.807) is 0 Å². The van der Waals surface area contributed by atoms with Crippen LogP contribution in [0.4, 0.5) is 5.82 Å². The molecule has 2 aromatic rings. The van der Waals surface area contributed by atoms with Crippen molar-refractivity contribution in [2.45, 2.75) is 38.8 Å². The maximum absolute atomic E-state index is 10.2. The number of nitrogens with zero attached hydrogens (tertiary/aromatic N) is 4. The smallest absolute Gasteiger partial charge is 0.133 e. The predicted molar refractivity (Wildman–Crippen MR) is 111 cm³/mol. The molecule has 146 valence electrons. The lowest BCUT2D eigenvalue weighted by atomic mass is 10.1. The Morgan fingerprint density at radius 1 is 1.07 bits per heavy atom. The van der Waals surface area contributed by atoms with Crippen LogP contribution in [-0.4, -0.2) is 72.3 Å². The van der Waals surface area contributed by atoms with E-state index in [1.165, 1.54) is 29.5 Å². The molecule has 2 saturated heterocycles. The maximum Gasteiger partial charge on any atom is 0.133 e. The number of hydrogen-bond acceptors (Lipinski definition) is 5. The lowest BCUT2D eigenvalue weighted by Gasteiger charge is -2.33. The molecule has 0 bridgehead atoms. The first-order valence-corrected chi connectivity index (χ1v) is 10.3. The zero-order chi connectivity index (χ0) is 18.8. The molecule has 0 amide bonds. The average Bonchev–Trinajstić information content (AvgIpc) is 2.85. The SMILES string of the molecule is Cc1ccc2nc(N3CCCC(O)C3)c(CN3CCCN(C)CC3)cc2c1. The Balaban J connectivity index is 1.68. The van der Waals surface area contributed by atoms with Gasteiger partial charge in [-0.1, -0.05) is 11.6 Å². The Hall–Kier alpha value is -1.69. The number of benzene rings is 1. The van der Waals surface area contributed by atoms with Crippen LogP contribution in [-0.2, 0) is 6.54 Å². The van der Waals surface area contributed by atoms with E-state index in [0.29, 0.717) is 6.54 Å². The van der Waals surface area contributed by atoms with Crippen molar-refractivity contribution >= 4 is 16.7 Å². The number of fused-ring (bicyclic) bond motifs is 1. The van der Waals surface area contributed by atoms with Gasteiger partial charge in [-0.15, -0.1) is 0 Å². The number of aliphatic hydroxyl groups excluding tert-OH is 1. The third kappa shape index (κ3) is 4.42. The van der Waals surface area contributed by atoms with Crippen molar-refractivity contribution in [3.63, 3.8) is 0 Å². The van der Waals surface area contributed by atoms with Gasteiger partial charge in [0, 0.05) is 43.7 Å². The first kappa shape index (κ1) is 18.7. The van der Waals surface area contributed by atoms with Crippen molar-refractivity contribution in [3.05, 3.63) is 35.4 Å². The van der Waals surface area contributed by atoms with E-state index < -0.39 is 0 Å². The van der Waals surface area contributed by atoms with Gasteiger partial charge in [0.05, 0.1) is 11.6 Å². The summed E-state index contributed by atoms with van der Waals surface area (Å²) in [7, 11) is 2.21. The Bertz CT molecular complexity index is 793. The Labute approximate surface area is 162 Å². The molecule has 0 saturated carbocycles. The molecule has 0 radical (unpaired) electrons. The van der Waals surface area contributed by atoms with Gasteiger partial charge in [-0.25, -0.2) is 4.98 Å². The van der Waals surface area contributed by atoms with Gasteiger partial charge in [0.2, 0.25) is 0 Å². The summed E-state index contributed by atoms with van der Waals surface area (Å²) in [4.78, 5) is 12.3. The Morgan fingerprint density at radius 2 is 1.96 bits per heavy atom. The largest absolute Gasteiger partial charge is 0.391 e. The second kappa shape index (κ2) is 8.13. The van der Waals surface area contributed by atoms with Crippen molar-refractivity contribution < 1.29 is 5.11 Å². The fourth-order valence-electron chi connectivity index (χ4n) is 4.37. The van der Waals surface area contributed by atoms with E-state index in [9.17, 15) is 5.11 Å². The molecule has 5 heteroatoms. The molecule has 2 aliphatic rings. The average molecular weight is 369 g/mol. The number of anilines is 1. The van der Waals surface area contributed by atoms with Gasteiger partial charge in [0.15, 0.2) is 0 Å². The molecule has 4 rings (SSSR count). The third-order valence-corrected chi connectivity index (χ3v) is 5.93. The van der Waals surface area contributed by atoms with Crippen LogP contribution in [0.25, 0.3) is 10.9 Å². The van der Waals surface area contributed by atoms with Crippen molar-refractivity contribution in [3.8, 4) is 0 Å². The molecule has 5 nitrogen and oxygen atoms in total. The number of β-amino-alcohol motifs (C(OH)–C–C–N with tert-alkyl or cyclic N) is 1. The van der Waals surface area contributed by atoms with Crippen LogP contribution in [0.2, 0.25) is 0 Å². The quantitative estimate of drug-likeness (QED) is 0.902. The van der Waals surface area contributed by atoms with Crippen LogP contribution in [0.5, 0.6) is 0 Å². The highest BCUT2D eigenvalue weighted by Crippen LogP contribution is 2.28. The summed E-state index contributed by atoms with van der Waals surface area (Å²) in [6, 6.07) is 8.82. The monoisotopic (exact) mass is 368 g/mol. The summed E-state index contributed by atoms with van der Waals surface area (Å²) in [6.07, 6.45) is 2.91. The van der Waals surface area contributed by atoms with Crippen LogP contribution >= 0.6 is 0 Å². The number of pyridine rings is 1. The summed E-state index contributed by atoms with van der Waals surface area (Å²) in [5.74, 6) is 1.07. The molecular formula is C22H32N4O. The molecule has 1 atom stereocenters. The number of rotatable bonds is 3. The number of aromatic nitrogens is 1. The van der Waals surface area contributed by atoms with Crippen molar-refractivity contribution in [2.75, 3.05) is 51.2 Å². The van der Waals surface area contributed by atoms with E-state index in [-0.39, 0.29) is 6.10 Å². The molecule has 3 heterocycles. The maximum atomic E-state index is 10.2. The second-order valence-electron chi connectivity index (χ2n) is 8.34. The number of hydrogen-bond donors (Lipinski definition) is 1. The minimum Gasteiger partial charge on any atom is -0.391 e. The van der Waals surface area contributed by atoms with Crippen molar-refractivity contribution in [1.29, 1.82) is 0 Å².